The molecule has 3 fully saturated rings. The highest BCUT2D eigenvalue weighted by Crippen LogP contribution is 2.50. The van der Waals surface area contributed by atoms with Crippen LogP contribution in [0.5, 0.6) is 0 Å². The van der Waals surface area contributed by atoms with Crippen LogP contribution in [-0.4, -0.2) is 36.3 Å². The molecule has 2 aliphatic heterocycles. The minimum absolute atomic E-state index is 0.111. The summed E-state index contributed by atoms with van der Waals surface area (Å²) in [4.78, 5) is 17.5. The van der Waals surface area contributed by atoms with Crippen LogP contribution in [0.15, 0.2) is 0 Å². The minimum Gasteiger partial charge on any atom is -0.469 e. The van der Waals surface area contributed by atoms with Gasteiger partial charge in [-0.05, 0) is 32.1 Å². The zero-order chi connectivity index (χ0) is 12.6. The number of piperidine rings is 1. The maximum absolute atomic E-state index is 11.5. The first-order valence-corrected chi connectivity index (χ1v) is 7.25. The zero-order valence-electron chi connectivity index (χ0n) is 11.2. The molecule has 1 aliphatic carbocycles. The van der Waals surface area contributed by atoms with E-state index in [9.17, 15) is 4.79 Å². The van der Waals surface area contributed by atoms with Crippen LogP contribution in [-0.2, 0) is 14.4 Å². The number of carbonyl (C=O) groups excluding carboxylic acids is 1. The van der Waals surface area contributed by atoms with Gasteiger partial charge in [0.2, 0.25) is 0 Å². The molecule has 0 aromatic heterocycles. The largest absolute Gasteiger partial charge is 0.469 e. The third-order valence-electron chi connectivity index (χ3n) is 5.13. The van der Waals surface area contributed by atoms with Crippen molar-refractivity contribution in [3.05, 3.63) is 0 Å². The summed E-state index contributed by atoms with van der Waals surface area (Å²) in [5.74, 6) is 0.576. The quantitative estimate of drug-likeness (QED) is 0.708. The molecule has 0 aromatic carbocycles. The maximum Gasteiger partial charge on any atom is 0.307 e. The summed E-state index contributed by atoms with van der Waals surface area (Å²) in [5, 5.41) is 2.21. The Bertz CT molecular complexity index is 329. The average Bonchev–Trinajstić information content (AvgIpc) is 2.78. The number of esters is 1. The fraction of sp³-hybridized carbons (Fsp3) is 0.929. The summed E-state index contributed by atoms with van der Waals surface area (Å²) in [5.41, 5.74) is 0.245. The van der Waals surface area contributed by atoms with E-state index >= 15 is 0 Å². The number of hydrogen-bond acceptors (Lipinski definition) is 4. The summed E-state index contributed by atoms with van der Waals surface area (Å²) in [7, 11) is 1.47. The van der Waals surface area contributed by atoms with Gasteiger partial charge in [-0.3, -0.25) is 9.63 Å². The molecular weight excluding hydrogens is 230 g/mol. The third kappa shape index (κ3) is 1.86. The molecule has 18 heavy (non-hydrogen) atoms. The van der Waals surface area contributed by atoms with Crippen molar-refractivity contribution in [1.29, 1.82) is 0 Å². The van der Waals surface area contributed by atoms with Gasteiger partial charge in [-0.15, -0.1) is 0 Å². The first-order valence-electron chi connectivity index (χ1n) is 7.25. The molecule has 0 N–H and O–H groups in total. The second-order valence-corrected chi connectivity index (χ2v) is 5.99. The van der Waals surface area contributed by atoms with Gasteiger partial charge in [-0.1, -0.05) is 12.8 Å². The Labute approximate surface area is 109 Å². The van der Waals surface area contributed by atoms with Crippen molar-refractivity contribution >= 4 is 5.97 Å². The summed E-state index contributed by atoms with van der Waals surface area (Å²) in [6, 6.07) is 0.231. The lowest BCUT2D eigenvalue weighted by Crippen LogP contribution is -2.56. The van der Waals surface area contributed by atoms with Gasteiger partial charge >= 0.3 is 5.97 Å². The molecular formula is C14H23NO3. The lowest BCUT2D eigenvalue weighted by Gasteiger charge is -2.49. The number of hydrogen-bond donors (Lipinski definition) is 0. The predicted molar refractivity (Wildman–Crippen MR) is 66.8 cm³/mol. The van der Waals surface area contributed by atoms with Crippen molar-refractivity contribution in [1.82, 2.24) is 5.06 Å². The van der Waals surface area contributed by atoms with Crippen LogP contribution in [0.2, 0.25) is 0 Å². The smallest absolute Gasteiger partial charge is 0.307 e. The molecule has 0 radical (unpaired) electrons. The Morgan fingerprint density at radius 3 is 3.00 bits per heavy atom. The number of hydroxylamine groups is 2. The standard InChI is InChI=1S/C14H23NO3/c1-17-13(16)9-12-6-4-8-14-7-3-2-5-11(14)10-18-15(12)14/h11-12H,2-10H2,1H3/t11-,12+,14+/m1/s1. The van der Waals surface area contributed by atoms with Crippen molar-refractivity contribution in [2.45, 2.75) is 62.9 Å². The van der Waals surface area contributed by atoms with Gasteiger partial charge in [-0.25, -0.2) is 0 Å². The SMILES string of the molecule is COC(=O)C[C@@H]1CCC[C@@]23CCCC[C@@H]2CON13. The highest BCUT2D eigenvalue weighted by atomic mass is 16.7. The van der Waals surface area contributed by atoms with Gasteiger partial charge in [0, 0.05) is 12.0 Å². The van der Waals surface area contributed by atoms with Crippen LogP contribution < -0.4 is 0 Å². The van der Waals surface area contributed by atoms with Crippen molar-refractivity contribution in [3.63, 3.8) is 0 Å². The Morgan fingerprint density at radius 1 is 1.33 bits per heavy atom. The van der Waals surface area contributed by atoms with Crippen LogP contribution >= 0.6 is 0 Å². The molecule has 3 atom stereocenters. The van der Waals surface area contributed by atoms with E-state index in [2.05, 4.69) is 5.06 Å². The first-order chi connectivity index (χ1) is 8.76. The normalized spacial score (nSPS) is 40.1. The molecule has 1 saturated carbocycles. The van der Waals surface area contributed by atoms with E-state index < -0.39 is 0 Å². The summed E-state index contributed by atoms with van der Waals surface area (Å²) in [6.45, 7) is 0.859. The van der Waals surface area contributed by atoms with Crippen LogP contribution in [0.25, 0.3) is 0 Å². The summed E-state index contributed by atoms with van der Waals surface area (Å²) < 4.78 is 4.81. The summed E-state index contributed by atoms with van der Waals surface area (Å²) >= 11 is 0. The van der Waals surface area contributed by atoms with Gasteiger partial charge in [0.1, 0.15) is 0 Å². The average molecular weight is 253 g/mol. The maximum atomic E-state index is 11.5. The van der Waals surface area contributed by atoms with E-state index in [4.69, 9.17) is 9.57 Å². The van der Waals surface area contributed by atoms with E-state index in [1.807, 2.05) is 0 Å². The molecule has 4 heteroatoms. The highest BCUT2D eigenvalue weighted by Gasteiger charge is 2.54. The van der Waals surface area contributed by atoms with Crippen LogP contribution in [0.3, 0.4) is 0 Å². The van der Waals surface area contributed by atoms with Gasteiger partial charge < -0.3 is 4.74 Å². The lowest BCUT2D eigenvalue weighted by atomic mass is 9.68. The van der Waals surface area contributed by atoms with Crippen molar-refractivity contribution in [2.24, 2.45) is 5.92 Å². The Balaban J connectivity index is 1.77. The molecule has 2 saturated heterocycles. The lowest BCUT2D eigenvalue weighted by molar-refractivity contribution is -0.217. The molecule has 0 aromatic rings. The molecule has 4 nitrogen and oxygen atoms in total. The van der Waals surface area contributed by atoms with Gasteiger partial charge in [-0.2, -0.15) is 5.06 Å². The van der Waals surface area contributed by atoms with Crippen LogP contribution in [0.4, 0.5) is 0 Å². The van der Waals surface area contributed by atoms with E-state index in [1.165, 1.54) is 45.6 Å². The van der Waals surface area contributed by atoms with Gasteiger partial charge in [0.05, 0.1) is 25.7 Å². The number of methoxy groups -OCH3 is 1. The number of ether oxygens (including phenoxy) is 1. The Morgan fingerprint density at radius 2 is 2.17 bits per heavy atom. The Hall–Kier alpha value is -0.610. The van der Waals surface area contributed by atoms with E-state index in [-0.39, 0.29) is 17.6 Å². The van der Waals surface area contributed by atoms with E-state index in [0.29, 0.717) is 12.3 Å². The van der Waals surface area contributed by atoms with Gasteiger partial charge in [0.25, 0.3) is 0 Å². The van der Waals surface area contributed by atoms with Crippen LogP contribution in [0, 0.1) is 5.92 Å². The molecule has 1 spiro atoms. The highest BCUT2D eigenvalue weighted by molar-refractivity contribution is 5.69. The number of carbonyl (C=O) groups is 1. The fourth-order valence-corrected chi connectivity index (χ4v) is 4.25. The van der Waals surface area contributed by atoms with E-state index in [0.717, 1.165) is 13.0 Å². The topological polar surface area (TPSA) is 38.8 Å². The second-order valence-electron chi connectivity index (χ2n) is 5.99. The molecule has 0 bridgehead atoms. The fourth-order valence-electron chi connectivity index (χ4n) is 4.25. The van der Waals surface area contributed by atoms with Crippen molar-refractivity contribution < 1.29 is 14.4 Å². The van der Waals surface area contributed by atoms with Gasteiger partial charge in [0.15, 0.2) is 0 Å². The van der Waals surface area contributed by atoms with Crippen molar-refractivity contribution in [3.8, 4) is 0 Å². The van der Waals surface area contributed by atoms with Crippen molar-refractivity contribution in [2.75, 3.05) is 13.7 Å². The molecule has 2 heterocycles. The second kappa shape index (κ2) is 4.82. The van der Waals surface area contributed by atoms with E-state index in [1.54, 1.807) is 0 Å². The molecule has 0 amide bonds. The molecule has 102 valence electrons. The summed E-state index contributed by atoms with van der Waals surface area (Å²) in [6.07, 6.45) is 9.19. The first kappa shape index (κ1) is 12.4. The number of nitrogens with zero attached hydrogens (tertiary/aromatic N) is 1. The Kier molecular flexibility index (Phi) is 3.32. The monoisotopic (exact) mass is 253 g/mol. The third-order valence-corrected chi connectivity index (χ3v) is 5.13. The predicted octanol–water partition coefficient (Wildman–Crippen LogP) is 2.28. The zero-order valence-corrected chi connectivity index (χ0v) is 11.2. The molecule has 3 aliphatic rings. The molecule has 0 unspecified atom stereocenters. The minimum atomic E-state index is -0.111. The number of rotatable bonds is 2. The van der Waals surface area contributed by atoms with Crippen LogP contribution in [0.1, 0.15) is 51.4 Å². The molecule has 3 rings (SSSR count).